The molecule has 1 amide bonds. The van der Waals surface area contributed by atoms with Crippen molar-refractivity contribution < 1.29 is 4.79 Å². The molecule has 0 radical (unpaired) electrons. The van der Waals surface area contributed by atoms with Crippen LogP contribution in [0.15, 0.2) is 54.6 Å². The highest BCUT2D eigenvalue weighted by molar-refractivity contribution is 5.95. The van der Waals surface area contributed by atoms with Gasteiger partial charge in [0.05, 0.1) is 0 Å². The van der Waals surface area contributed by atoms with Crippen LogP contribution in [0.1, 0.15) is 50.4 Å². The fraction of sp³-hybridized carbons (Fsp3) is 0.435. The number of amides is 1. The Bertz CT molecular complexity index is 777. The minimum atomic E-state index is 0.0641. The van der Waals surface area contributed by atoms with Gasteiger partial charge in [-0.05, 0) is 59.3 Å². The maximum atomic E-state index is 12.8. The van der Waals surface area contributed by atoms with Gasteiger partial charge in [-0.15, -0.1) is 0 Å². The van der Waals surface area contributed by atoms with Crippen molar-refractivity contribution in [1.29, 1.82) is 0 Å². The van der Waals surface area contributed by atoms with E-state index in [-0.39, 0.29) is 11.3 Å². The molecule has 0 unspecified atom stereocenters. The van der Waals surface area contributed by atoms with Crippen molar-refractivity contribution in [2.45, 2.75) is 46.1 Å². The van der Waals surface area contributed by atoms with E-state index in [4.69, 9.17) is 0 Å². The van der Waals surface area contributed by atoms with E-state index in [9.17, 15) is 4.79 Å². The van der Waals surface area contributed by atoms with Crippen LogP contribution < -0.4 is 5.32 Å². The lowest BCUT2D eigenvalue weighted by atomic mass is 9.69. The predicted molar refractivity (Wildman–Crippen MR) is 102 cm³/mol. The molecule has 1 N–H and O–H groups in total. The van der Waals surface area contributed by atoms with E-state index in [0.29, 0.717) is 11.5 Å². The summed E-state index contributed by atoms with van der Waals surface area (Å²) in [4.78, 5) is 12.8. The van der Waals surface area contributed by atoms with Crippen LogP contribution in [0.4, 0.5) is 0 Å². The summed E-state index contributed by atoms with van der Waals surface area (Å²) in [5, 5.41) is 3.34. The highest BCUT2D eigenvalue weighted by Gasteiger charge is 2.61. The number of carbonyl (C=O) groups excluding carboxylic acids is 1. The second-order valence-electron chi connectivity index (χ2n) is 8.58. The standard InChI is InChI=1S/C23H27NO/c1-22(2)19-13-14-23(22,3)20(15-19)24-21(25)18-11-9-17(10-12-18)16-7-5-4-6-8-16/h4-12,19-20H,13-15H2,1-3H3,(H,24,25)/t19-,20-,23+/m0/s1. The summed E-state index contributed by atoms with van der Waals surface area (Å²) in [7, 11) is 0. The van der Waals surface area contributed by atoms with Crippen LogP contribution in [0.5, 0.6) is 0 Å². The fourth-order valence-corrected chi connectivity index (χ4v) is 5.11. The molecule has 0 aromatic heterocycles. The molecule has 2 saturated carbocycles. The summed E-state index contributed by atoms with van der Waals surface area (Å²) < 4.78 is 0. The van der Waals surface area contributed by atoms with E-state index in [2.05, 4.69) is 38.2 Å². The van der Waals surface area contributed by atoms with Crippen molar-refractivity contribution in [2.24, 2.45) is 16.7 Å². The van der Waals surface area contributed by atoms with E-state index in [1.165, 1.54) is 18.4 Å². The zero-order valence-corrected chi connectivity index (χ0v) is 15.4. The monoisotopic (exact) mass is 333 g/mol. The molecule has 0 heterocycles. The number of benzene rings is 2. The van der Waals surface area contributed by atoms with Gasteiger partial charge in [0.1, 0.15) is 0 Å². The summed E-state index contributed by atoms with van der Waals surface area (Å²) in [6, 6.07) is 18.5. The first kappa shape index (κ1) is 16.4. The Balaban J connectivity index is 1.49. The number of hydrogen-bond acceptors (Lipinski definition) is 1. The molecule has 0 aliphatic heterocycles. The third-order valence-electron chi connectivity index (χ3n) is 7.35. The second-order valence-corrected chi connectivity index (χ2v) is 8.58. The van der Waals surface area contributed by atoms with Gasteiger partial charge in [0.15, 0.2) is 0 Å². The quantitative estimate of drug-likeness (QED) is 0.811. The van der Waals surface area contributed by atoms with Crippen molar-refractivity contribution >= 4 is 5.91 Å². The summed E-state index contributed by atoms with van der Waals surface area (Å²) in [6.07, 6.45) is 3.65. The van der Waals surface area contributed by atoms with Crippen molar-refractivity contribution in [1.82, 2.24) is 5.32 Å². The maximum absolute atomic E-state index is 12.8. The first-order chi connectivity index (χ1) is 11.9. The molecule has 2 aliphatic rings. The number of carbonyl (C=O) groups is 1. The van der Waals surface area contributed by atoms with Crippen molar-refractivity contribution in [3.05, 3.63) is 60.2 Å². The van der Waals surface area contributed by atoms with E-state index in [0.717, 1.165) is 23.5 Å². The van der Waals surface area contributed by atoms with Gasteiger partial charge in [-0.25, -0.2) is 0 Å². The molecule has 130 valence electrons. The molecule has 2 aromatic carbocycles. The van der Waals surface area contributed by atoms with Crippen LogP contribution in [-0.2, 0) is 0 Å². The molecule has 2 aliphatic carbocycles. The van der Waals surface area contributed by atoms with Gasteiger partial charge in [0.25, 0.3) is 5.91 Å². The van der Waals surface area contributed by atoms with Crippen LogP contribution in [0.2, 0.25) is 0 Å². The maximum Gasteiger partial charge on any atom is 0.251 e. The lowest BCUT2D eigenvalue weighted by Gasteiger charge is -2.39. The van der Waals surface area contributed by atoms with Crippen molar-refractivity contribution in [2.75, 3.05) is 0 Å². The zero-order valence-electron chi connectivity index (χ0n) is 15.4. The van der Waals surface area contributed by atoms with E-state index >= 15 is 0 Å². The van der Waals surface area contributed by atoms with E-state index in [1.54, 1.807) is 0 Å². The Kier molecular flexibility index (Phi) is 3.75. The highest BCUT2D eigenvalue weighted by atomic mass is 16.1. The minimum absolute atomic E-state index is 0.0641. The molecule has 2 fully saturated rings. The molecule has 2 bridgehead atoms. The summed E-state index contributed by atoms with van der Waals surface area (Å²) in [5.41, 5.74) is 3.62. The van der Waals surface area contributed by atoms with Gasteiger partial charge < -0.3 is 5.32 Å². The van der Waals surface area contributed by atoms with Gasteiger partial charge >= 0.3 is 0 Å². The molecule has 2 nitrogen and oxygen atoms in total. The predicted octanol–water partition coefficient (Wildman–Crippen LogP) is 5.30. The minimum Gasteiger partial charge on any atom is -0.349 e. The molecule has 0 saturated heterocycles. The van der Waals surface area contributed by atoms with Crippen LogP contribution >= 0.6 is 0 Å². The third kappa shape index (κ3) is 2.50. The zero-order chi connectivity index (χ0) is 17.7. The normalized spacial score (nSPS) is 29.6. The molecule has 2 heteroatoms. The number of nitrogens with one attached hydrogen (secondary N) is 1. The Labute approximate surface area is 150 Å². The molecule has 3 atom stereocenters. The van der Waals surface area contributed by atoms with Crippen LogP contribution in [0.25, 0.3) is 11.1 Å². The number of fused-ring (bicyclic) bond motifs is 2. The van der Waals surface area contributed by atoms with Crippen LogP contribution in [0, 0.1) is 16.7 Å². The molecule has 2 aromatic rings. The van der Waals surface area contributed by atoms with Gasteiger partial charge in [0, 0.05) is 11.6 Å². The second kappa shape index (κ2) is 5.72. The lowest BCUT2D eigenvalue weighted by Crippen LogP contribution is -2.46. The highest BCUT2D eigenvalue weighted by Crippen LogP contribution is 2.65. The van der Waals surface area contributed by atoms with Crippen molar-refractivity contribution in [3.63, 3.8) is 0 Å². The smallest absolute Gasteiger partial charge is 0.251 e. The number of rotatable bonds is 3. The molecule has 0 spiro atoms. The van der Waals surface area contributed by atoms with Gasteiger partial charge in [0.2, 0.25) is 0 Å². The average Bonchev–Trinajstić information content (AvgIpc) is 2.96. The molecule has 4 rings (SSSR count). The molecular weight excluding hydrogens is 306 g/mol. The first-order valence-electron chi connectivity index (χ1n) is 9.38. The van der Waals surface area contributed by atoms with E-state index in [1.807, 2.05) is 42.5 Å². The largest absolute Gasteiger partial charge is 0.349 e. The Morgan fingerprint density at radius 3 is 2.16 bits per heavy atom. The molecule has 25 heavy (non-hydrogen) atoms. The lowest BCUT2D eigenvalue weighted by molar-refractivity contribution is 0.0826. The third-order valence-corrected chi connectivity index (χ3v) is 7.35. The van der Waals surface area contributed by atoms with Gasteiger partial charge in [-0.3, -0.25) is 4.79 Å². The summed E-state index contributed by atoms with van der Waals surface area (Å²) in [5.74, 6) is 0.803. The first-order valence-corrected chi connectivity index (χ1v) is 9.38. The topological polar surface area (TPSA) is 29.1 Å². The van der Waals surface area contributed by atoms with Gasteiger partial charge in [-0.1, -0.05) is 63.2 Å². The number of hydrogen-bond donors (Lipinski definition) is 1. The van der Waals surface area contributed by atoms with Gasteiger partial charge in [-0.2, -0.15) is 0 Å². The average molecular weight is 333 g/mol. The summed E-state index contributed by atoms with van der Waals surface area (Å²) in [6.45, 7) is 7.13. The Hall–Kier alpha value is -2.09. The SMILES string of the molecule is CC1(C)[C@H]2CC[C@]1(C)[C@@H](NC(=O)c1ccc(-c3ccccc3)cc1)C2. The van der Waals surface area contributed by atoms with Crippen LogP contribution in [-0.4, -0.2) is 11.9 Å². The Morgan fingerprint density at radius 2 is 1.60 bits per heavy atom. The molecular formula is C23H27NO. The Morgan fingerprint density at radius 1 is 0.960 bits per heavy atom. The fourth-order valence-electron chi connectivity index (χ4n) is 5.11. The summed E-state index contributed by atoms with van der Waals surface area (Å²) >= 11 is 0. The van der Waals surface area contributed by atoms with E-state index < -0.39 is 0 Å². The van der Waals surface area contributed by atoms with Crippen molar-refractivity contribution in [3.8, 4) is 11.1 Å². The van der Waals surface area contributed by atoms with Crippen LogP contribution in [0.3, 0.4) is 0 Å².